The quantitative estimate of drug-likeness (QED) is 0.902. The number of hydrogen-bond donors (Lipinski definition) is 1. The molecule has 0 bridgehead atoms. The van der Waals surface area contributed by atoms with E-state index in [9.17, 15) is 9.18 Å². The van der Waals surface area contributed by atoms with Crippen LogP contribution in [0, 0.1) is 5.92 Å². The normalized spacial score (nSPS) is 22.2. The molecule has 2 saturated heterocycles. The Morgan fingerprint density at radius 1 is 1.25 bits per heavy atom. The van der Waals surface area contributed by atoms with Crippen molar-refractivity contribution in [2.45, 2.75) is 13.0 Å². The average Bonchev–Trinajstić information content (AvgIpc) is 3.06. The molecule has 1 atom stereocenters. The topological polar surface area (TPSA) is 47.0 Å². The number of carbonyl (C=O) groups is 1. The molecule has 1 aromatic rings. The summed E-state index contributed by atoms with van der Waals surface area (Å²) in [7, 11) is 0. The summed E-state index contributed by atoms with van der Waals surface area (Å²) in [5.74, 6) is 0.107. The first-order valence-corrected chi connectivity index (χ1v) is 8.74. The van der Waals surface area contributed by atoms with E-state index < -0.39 is 6.09 Å². The van der Waals surface area contributed by atoms with E-state index in [1.165, 1.54) is 10.5 Å². The zero-order valence-corrected chi connectivity index (χ0v) is 14.4. The maximum absolute atomic E-state index is 12.9. The average molecular weight is 356 g/mol. The summed E-state index contributed by atoms with van der Waals surface area (Å²) in [6.07, 6.45) is 0.0240. The van der Waals surface area contributed by atoms with Crippen LogP contribution in [0.15, 0.2) is 18.2 Å². The Hall–Kier alpha value is -1.53. The Morgan fingerprint density at radius 3 is 2.62 bits per heavy atom. The Balaban J connectivity index is 1.69. The van der Waals surface area contributed by atoms with Gasteiger partial charge in [0.2, 0.25) is 0 Å². The van der Waals surface area contributed by atoms with Gasteiger partial charge in [-0.25, -0.2) is 4.79 Å². The van der Waals surface area contributed by atoms with Gasteiger partial charge in [0.25, 0.3) is 0 Å². The molecule has 2 aliphatic heterocycles. The number of hydrogen-bond acceptors (Lipinski definition) is 3. The molecule has 132 valence electrons. The zero-order chi connectivity index (χ0) is 17.1. The highest BCUT2D eigenvalue weighted by molar-refractivity contribution is 6.30. The van der Waals surface area contributed by atoms with Gasteiger partial charge in [0.1, 0.15) is 0 Å². The largest absolute Gasteiger partial charge is 0.465 e. The second-order valence-electron chi connectivity index (χ2n) is 6.57. The molecule has 1 aromatic carbocycles. The SMILES string of the molecule is O=C(O)N1CCN(Cc2ccc(Cl)cc2N2CCC(CF)C2)CC1. The Morgan fingerprint density at radius 2 is 2.00 bits per heavy atom. The summed E-state index contributed by atoms with van der Waals surface area (Å²) in [4.78, 5) is 16.9. The van der Waals surface area contributed by atoms with E-state index in [0.717, 1.165) is 44.8 Å². The minimum atomic E-state index is -0.851. The van der Waals surface area contributed by atoms with Crippen molar-refractivity contribution < 1.29 is 14.3 Å². The molecule has 24 heavy (non-hydrogen) atoms. The van der Waals surface area contributed by atoms with E-state index in [1.54, 1.807) is 0 Å². The standard InChI is InChI=1S/C17H23ClFN3O2/c18-15-2-1-14(12-20-5-7-21(8-6-20)17(23)24)16(9-15)22-4-3-13(10-19)11-22/h1-2,9,13H,3-8,10-12H2,(H,23,24). The minimum absolute atomic E-state index is 0.107. The van der Waals surface area contributed by atoms with Crippen LogP contribution in [0.25, 0.3) is 0 Å². The Labute approximate surface area is 146 Å². The first kappa shape index (κ1) is 17.3. The maximum Gasteiger partial charge on any atom is 0.407 e. The van der Waals surface area contributed by atoms with E-state index in [-0.39, 0.29) is 12.6 Å². The Bertz CT molecular complexity index is 593. The smallest absolute Gasteiger partial charge is 0.407 e. The van der Waals surface area contributed by atoms with E-state index in [1.807, 2.05) is 18.2 Å². The number of rotatable bonds is 4. The van der Waals surface area contributed by atoms with Crippen molar-refractivity contribution in [3.63, 3.8) is 0 Å². The maximum atomic E-state index is 12.9. The number of piperazine rings is 1. The molecule has 0 aromatic heterocycles. The van der Waals surface area contributed by atoms with Crippen LogP contribution in [-0.2, 0) is 6.54 Å². The van der Waals surface area contributed by atoms with Crippen LogP contribution in [0.5, 0.6) is 0 Å². The molecule has 1 amide bonds. The lowest BCUT2D eigenvalue weighted by Gasteiger charge is -2.34. The molecule has 2 heterocycles. The lowest BCUT2D eigenvalue weighted by molar-refractivity contribution is 0.103. The summed E-state index contributed by atoms with van der Waals surface area (Å²) >= 11 is 6.18. The molecule has 0 saturated carbocycles. The van der Waals surface area contributed by atoms with Crippen LogP contribution in [0.2, 0.25) is 5.02 Å². The lowest BCUT2D eigenvalue weighted by Crippen LogP contribution is -2.47. The predicted molar refractivity (Wildman–Crippen MR) is 92.6 cm³/mol. The second kappa shape index (κ2) is 7.57. The van der Waals surface area contributed by atoms with Gasteiger partial charge in [-0.15, -0.1) is 0 Å². The molecule has 0 spiro atoms. The molecule has 3 rings (SSSR count). The fourth-order valence-electron chi connectivity index (χ4n) is 3.48. The molecule has 0 radical (unpaired) electrons. The molecular formula is C17H23ClFN3O2. The van der Waals surface area contributed by atoms with Gasteiger partial charge >= 0.3 is 6.09 Å². The molecule has 1 unspecified atom stereocenters. The Kier molecular flexibility index (Phi) is 5.46. The number of nitrogens with zero attached hydrogens (tertiary/aromatic N) is 3. The summed E-state index contributed by atoms with van der Waals surface area (Å²) in [6.45, 7) is 4.59. The van der Waals surface area contributed by atoms with E-state index >= 15 is 0 Å². The van der Waals surface area contributed by atoms with Gasteiger partial charge in [-0.1, -0.05) is 17.7 Å². The van der Waals surface area contributed by atoms with Gasteiger partial charge < -0.3 is 14.9 Å². The number of carboxylic acid groups (broad SMARTS) is 1. The number of benzene rings is 1. The van der Waals surface area contributed by atoms with Crippen molar-refractivity contribution in [3.05, 3.63) is 28.8 Å². The van der Waals surface area contributed by atoms with Crippen molar-refractivity contribution in [2.75, 3.05) is 50.8 Å². The van der Waals surface area contributed by atoms with Gasteiger partial charge in [-0.05, 0) is 24.1 Å². The number of alkyl halides is 1. The first-order chi connectivity index (χ1) is 11.6. The minimum Gasteiger partial charge on any atom is -0.465 e. The molecule has 5 nitrogen and oxygen atoms in total. The van der Waals surface area contributed by atoms with Gasteiger partial charge in [0.05, 0.1) is 6.67 Å². The van der Waals surface area contributed by atoms with Crippen LogP contribution in [0.4, 0.5) is 14.9 Å². The summed E-state index contributed by atoms with van der Waals surface area (Å²) in [5.41, 5.74) is 2.25. The van der Waals surface area contributed by atoms with Gasteiger partial charge in [-0.2, -0.15) is 0 Å². The van der Waals surface area contributed by atoms with E-state index in [0.29, 0.717) is 18.1 Å². The fraction of sp³-hybridized carbons (Fsp3) is 0.588. The highest BCUT2D eigenvalue weighted by Gasteiger charge is 2.26. The van der Waals surface area contributed by atoms with Crippen LogP contribution < -0.4 is 4.90 Å². The molecule has 0 aliphatic carbocycles. The lowest BCUT2D eigenvalue weighted by atomic mass is 10.1. The monoisotopic (exact) mass is 355 g/mol. The van der Waals surface area contributed by atoms with Gasteiger partial charge in [0.15, 0.2) is 0 Å². The van der Waals surface area contributed by atoms with Crippen LogP contribution in [0.1, 0.15) is 12.0 Å². The number of anilines is 1. The summed E-state index contributed by atoms with van der Waals surface area (Å²) in [5, 5.41) is 9.72. The highest BCUT2D eigenvalue weighted by Crippen LogP contribution is 2.31. The summed E-state index contributed by atoms with van der Waals surface area (Å²) < 4.78 is 12.9. The molecule has 1 N–H and O–H groups in total. The van der Waals surface area contributed by atoms with E-state index in [2.05, 4.69) is 9.80 Å². The first-order valence-electron chi connectivity index (χ1n) is 8.36. The van der Waals surface area contributed by atoms with Crippen LogP contribution in [0.3, 0.4) is 0 Å². The zero-order valence-electron chi connectivity index (χ0n) is 13.6. The van der Waals surface area contributed by atoms with Gasteiger partial charge in [0, 0.05) is 62.4 Å². The molecule has 7 heteroatoms. The fourth-order valence-corrected chi connectivity index (χ4v) is 3.65. The van der Waals surface area contributed by atoms with Crippen LogP contribution >= 0.6 is 11.6 Å². The van der Waals surface area contributed by atoms with Crippen molar-refractivity contribution in [1.29, 1.82) is 0 Å². The molecule has 2 fully saturated rings. The highest BCUT2D eigenvalue weighted by atomic mass is 35.5. The van der Waals surface area contributed by atoms with Crippen molar-refractivity contribution in [1.82, 2.24) is 9.80 Å². The second-order valence-corrected chi connectivity index (χ2v) is 7.01. The predicted octanol–water partition coefficient (Wildman–Crippen LogP) is 2.93. The third-order valence-electron chi connectivity index (χ3n) is 4.93. The third-order valence-corrected chi connectivity index (χ3v) is 5.16. The number of amides is 1. The van der Waals surface area contributed by atoms with Crippen molar-refractivity contribution in [3.8, 4) is 0 Å². The van der Waals surface area contributed by atoms with Crippen molar-refractivity contribution in [2.24, 2.45) is 5.92 Å². The molecular weight excluding hydrogens is 333 g/mol. The summed E-state index contributed by atoms with van der Waals surface area (Å²) in [6, 6.07) is 5.88. The van der Waals surface area contributed by atoms with E-state index in [4.69, 9.17) is 16.7 Å². The third kappa shape index (κ3) is 3.92. The number of halogens is 2. The molecule has 2 aliphatic rings. The van der Waals surface area contributed by atoms with Crippen molar-refractivity contribution >= 4 is 23.4 Å². The van der Waals surface area contributed by atoms with Gasteiger partial charge in [-0.3, -0.25) is 9.29 Å². The van der Waals surface area contributed by atoms with Crippen LogP contribution in [-0.4, -0.2) is 66.9 Å².